The van der Waals surface area contributed by atoms with Gasteiger partial charge in [0.1, 0.15) is 0 Å². The molecule has 0 heterocycles. The van der Waals surface area contributed by atoms with Gasteiger partial charge in [0.2, 0.25) is 0 Å². The Labute approximate surface area is 511 Å². The molecule has 0 atom stereocenters. The number of benzene rings is 6. The van der Waals surface area contributed by atoms with Crippen LogP contribution < -0.4 is 31.8 Å². The van der Waals surface area contributed by atoms with E-state index in [2.05, 4.69) is 322 Å². The maximum absolute atomic E-state index is 7.25. The monoisotopic (exact) mass is 1420 g/mol. The standard InChI is InChI=1S/2C18H15P.C16.2C10H15.2NO.2Re/c2*1-4-10-16(11-5-1)19(17-12-6-2-7-13-17)18-14-8-3-9-15-18;1-3-5-7-9-11-13-15-16-14-12-10-8-6-4-2;2*1-6-7(2)9(4)10(5)8(6)3;2*1-2;;/h2*1-15H;;2*1-5H3;;;;/q;;-2;;;2*-1;;. The van der Waals surface area contributed by atoms with E-state index in [1.54, 1.807) is 0 Å². The predicted molar refractivity (Wildman–Crippen MR) is 334 cm³/mol. The molecule has 0 unspecified atom stereocenters. The van der Waals surface area contributed by atoms with Crippen LogP contribution in [0.5, 0.6) is 0 Å². The van der Waals surface area contributed by atoms with E-state index in [1.807, 2.05) is 11.8 Å². The van der Waals surface area contributed by atoms with Crippen LogP contribution in [-0.4, -0.2) is 0 Å². The van der Waals surface area contributed by atoms with Crippen molar-refractivity contribution in [1.82, 2.24) is 0 Å². The summed E-state index contributed by atoms with van der Waals surface area (Å²) in [5.41, 5.74) is 11.5. The van der Waals surface area contributed by atoms with Crippen LogP contribution in [-0.2, 0) is 40.8 Å². The van der Waals surface area contributed by atoms with E-state index in [1.165, 1.54) is 91.0 Å². The van der Waals surface area contributed by atoms with Crippen LogP contribution in [0.4, 0.5) is 0 Å². The molecule has 6 aromatic rings. The Morgan fingerprint density at radius 1 is 0.237 bits per heavy atom. The Bertz CT molecular complexity index is 2640. The van der Waals surface area contributed by atoms with Gasteiger partial charge in [-0.3, -0.25) is 11.8 Å². The summed E-state index contributed by atoms with van der Waals surface area (Å²) < 4.78 is 0. The van der Waals surface area contributed by atoms with Crippen molar-refractivity contribution in [3.63, 3.8) is 0 Å². The maximum Gasteiger partial charge on any atom is 0 e. The molecule has 2 aliphatic carbocycles. The minimum atomic E-state index is -0.446. The molecular weight excluding hydrogens is 1360 g/mol. The van der Waals surface area contributed by atoms with Crippen LogP contribution in [0.1, 0.15) is 69.2 Å². The van der Waals surface area contributed by atoms with Crippen molar-refractivity contribution in [2.75, 3.05) is 0 Å². The topological polar surface area (TPSA) is 78.7 Å². The molecule has 12 radical (unpaired) electrons. The quantitative estimate of drug-likeness (QED) is 0.0946. The van der Waals surface area contributed by atoms with Gasteiger partial charge >= 0.3 is 0 Å². The van der Waals surface area contributed by atoms with Crippen molar-refractivity contribution in [3.8, 4) is 82.9 Å². The Kier molecular flexibility index (Phi) is 40.2. The molecule has 2 fully saturated rings. The van der Waals surface area contributed by atoms with Crippen molar-refractivity contribution >= 4 is 47.7 Å². The molecule has 0 amide bonds. The minimum Gasteiger partial charge on any atom is -0.577 e. The third-order valence-corrected chi connectivity index (χ3v) is 17.4. The van der Waals surface area contributed by atoms with Gasteiger partial charge in [-0.25, -0.2) is 11.8 Å². The fourth-order valence-electron chi connectivity index (χ4n) is 7.54. The van der Waals surface area contributed by atoms with E-state index in [0.717, 1.165) is 0 Å². The summed E-state index contributed by atoms with van der Waals surface area (Å²) in [6, 6.07) is 64.7. The van der Waals surface area contributed by atoms with Gasteiger partial charge in [-0.15, -0.1) is 11.8 Å². The van der Waals surface area contributed by atoms with Gasteiger partial charge in [0.15, 0.2) is 0 Å². The van der Waals surface area contributed by atoms with E-state index >= 15 is 0 Å². The van der Waals surface area contributed by atoms with E-state index in [9.17, 15) is 0 Å². The Hall–Kier alpha value is -6.82. The van der Waals surface area contributed by atoms with Gasteiger partial charge in [-0.1, -0.05) is 251 Å². The van der Waals surface area contributed by atoms with E-state index in [-0.39, 0.29) is 40.8 Å². The van der Waals surface area contributed by atoms with Gasteiger partial charge in [0, 0.05) is 40.8 Å². The van der Waals surface area contributed by atoms with E-state index in [4.69, 9.17) is 33.8 Å². The Morgan fingerprint density at radius 3 is 0.463 bits per heavy atom. The number of nitroso groups, excluding NO2 is 2. The van der Waals surface area contributed by atoms with Crippen LogP contribution in [0.2, 0.25) is 0 Å². The van der Waals surface area contributed by atoms with Crippen LogP contribution in [0.15, 0.2) is 182 Å². The van der Waals surface area contributed by atoms with Crippen LogP contribution in [0, 0.1) is 165 Å². The number of hydrogen-bond donors (Lipinski definition) is 0. The molecule has 2 aliphatic rings. The molecule has 8 rings (SSSR count). The molecular formula is C72H60N2O2P2Re2-4. The predicted octanol–water partition coefficient (Wildman–Crippen LogP) is 13.7. The molecule has 6 aromatic carbocycles. The Balaban J connectivity index is 0.000000975. The number of nitrogens with zero attached hydrogens (tertiary/aromatic N) is 2. The smallest absolute Gasteiger partial charge is 0 e. The molecule has 0 saturated heterocycles. The zero-order chi connectivity index (χ0) is 57.5. The fraction of sp³-hybridized carbons (Fsp3) is 0.139. The molecule has 8 heteroatoms. The second-order valence-corrected chi connectivity index (χ2v) is 21.1. The molecule has 0 aromatic heterocycles. The van der Waals surface area contributed by atoms with Crippen molar-refractivity contribution in [3.05, 3.63) is 275 Å². The summed E-state index contributed by atoms with van der Waals surface area (Å²) in [5.74, 6) is 46.8. The average Bonchev–Trinajstić information content (AvgIpc) is 3.77. The van der Waals surface area contributed by atoms with Gasteiger partial charge in [0.05, 0.1) is 0 Å². The zero-order valence-corrected chi connectivity index (χ0v) is 53.9. The molecule has 0 bridgehead atoms. The number of hydrogen-bond acceptors (Lipinski definition) is 2. The first-order chi connectivity index (χ1) is 37.9. The van der Waals surface area contributed by atoms with Gasteiger partial charge in [0.25, 0.3) is 0 Å². The van der Waals surface area contributed by atoms with Crippen molar-refractivity contribution in [1.29, 1.82) is 0 Å². The molecule has 398 valence electrons. The van der Waals surface area contributed by atoms with Crippen molar-refractivity contribution in [2.45, 2.75) is 69.2 Å². The number of rotatable bonds is 6. The summed E-state index contributed by atoms with van der Waals surface area (Å²) in [6.07, 6.45) is 12.9. The summed E-state index contributed by atoms with van der Waals surface area (Å²) in [5, 5.41) is 8.39. The van der Waals surface area contributed by atoms with Gasteiger partial charge < -0.3 is 33.8 Å². The summed E-state index contributed by atoms with van der Waals surface area (Å²) in [7, 11) is -0.892. The maximum atomic E-state index is 7.25. The summed E-state index contributed by atoms with van der Waals surface area (Å²) >= 11 is 0. The molecule has 2 saturated carbocycles. The SMILES string of the molecule is C[C]1[C](C)[C](C)[C](C)[C]1C.C[C]1[C](C)[C](C)[C](C)[C]1C.[C-]#CC#CC#CC#CC#CC#CC#CC#[C-].[N-]=O.[N-]=O.[Re].[Re].c1ccc(P(c2ccccc2)c2ccccc2)cc1.c1ccc(P(c2ccccc2)c2ccccc2)cc1. The first kappa shape index (κ1) is 73.2. The molecule has 80 heavy (non-hydrogen) atoms. The third-order valence-electron chi connectivity index (χ3n) is 12.5. The van der Waals surface area contributed by atoms with Crippen molar-refractivity contribution in [2.24, 2.45) is 0 Å². The first-order valence-electron chi connectivity index (χ1n) is 24.4. The van der Waals surface area contributed by atoms with E-state index < -0.39 is 15.8 Å². The fourth-order valence-corrected chi connectivity index (χ4v) is 12.2. The molecule has 0 N–H and O–H groups in total. The molecule has 0 spiro atoms. The summed E-state index contributed by atoms with van der Waals surface area (Å²) in [4.78, 5) is 14.5. The zero-order valence-electron chi connectivity index (χ0n) is 46.7. The molecule has 4 nitrogen and oxygen atoms in total. The van der Waals surface area contributed by atoms with Crippen LogP contribution in [0.25, 0.3) is 11.2 Å². The van der Waals surface area contributed by atoms with Crippen LogP contribution in [0.3, 0.4) is 0 Å². The van der Waals surface area contributed by atoms with Gasteiger partial charge in [-0.2, -0.15) is 0 Å². The summed E-state index contributed by atoms with van der Waals surface area (Å²) in [6.45, 7) is 22.0. The third kappa shape index (κ3) is 25.1. The van der Waals surface area contributed by atoms with Crippen LogP contribution >= 0.6 is 15.8 Å². The van der Waals surface area contributed by atoms with Gasteiger partial charge in [-0.05, 0) is 154 Å². The van der Waals surface area contributed by atoms with Crippen molar-refractivity contribution < 1.29 is 40.8 Å². The largest absolute Gasteiger partial charge is 0.577 e. The Morgan fingerprint density at radius 2 is 0.350 bits per heavy atom. The second kappa shape index (κ2) is 44.0. The minimum absolute atomic E-state index is 0. The average molecular weight is 1420 g/mol. The first-order valence-corrected chi connectivity index (χ1v) is 27.1. The van der Waals surface area contributed by atoms with E-state index in [0.29, 0.717) is 0 Å². The molecule has 0 aliphatic heterocycles. The second-order valence-electron chi connectivity index (χ2n) is 16.7. The normalized spacial score (nSPS) is 13.0.